The van der Waals surface area contributed by atoms with E-state index in [1.54, 1.807) is 25.7 Å². The topological polar surface area (TPSA) is 109 Å². The van der Waals surface area contributed by atoms with Gasteiger partial charge in [-0.2, -0.15) is 0 Å². The molecule has 1 unspecified atom stereocenters. The number of ether oxygens (including phenoxy) is 2. The molecule has 39 heavy (non-hydrogen) atoms. The molecule has 9 nitrogen and oxygen atoms in total. The van der Waals surface area contributed by atoms with Crippen LogP contribution in [0.5, 0.6) is 0 Å². The van der Waals surface area contributed by atoms with Crippen LogP contribution in [0.25, 0.3) is 11.1 Å². The van der Waals surface area contributed by atoms with Crippen LogP contribution in [0.4, 0.5) is 9.59 Å². The van der Waals surface area contributed by atoms with Crippen LogP contribution < -0.4 is 0 Å². The number of rotatable bonds is 4. The Morgan fingerprint density at radius 1 is 0.949 bits per heavy atom. The molecule has 1 aliphatic heterocycles. The van der Waals surface area contributed by atoms with E-state index in [2.05, 4.69) is 29.2 Å². The number of carbonyl (C=O) groups excluding carboxylic acids is 2. The number of hydrogen-bond acceptors (Lipinski definition) is 6. The van der Waals surface area contributed by atoms with Crippen molar-refractivity contribution >= 4 is 18.2 Å². The van der Waals surface area contributed by atoms with Crippen molar-refractivity contribution < 1.29 is 29.0 Å². The molecule has 0 saturated carbocycles. The van der Waals surface area contributed by atoms with Crippen LogP contribution in [-0.4, -0.2) is 69.9 Å². The lowest BCUT2D eigenvalue weighted by Crippen LogP contribution is -2.53. The van der Waals surface area contributed by atoms with Gasteiger partial charge in [-0.15, -0.1) is 0 Å². The number of aromatic carboxylic acids is 1. The predicted octanol–water partition coefficient (Wildman–Crippen LogP) is 5.32. The van der Waals surface area contributed by atoms with Gasteiger partial charge in [0.15, 0.2) is 0 Å². The molecule has 1 fully saturated rings. The van der Waals surface area contributed by atoms with E-state index in [1.807, 2.05) is 24.3 Å². The van der Waals surface area contributed by atoms with Crippen molar-refractivity contribution in [1.82, 2.24) is 14.8 Å². The molecule has 3 aromatic rings. The second-order valence-corrected chi connectivity index (χ2v) is 10.8. The first-order chi connectivity index (χ1) is 18.6. The smallest absolute Gasteiger partial charge is 0.410 e. The Morgan fingerprint density at radius 3 is 2.21 bits per heavy atom. The van der Waals surface area contributed by atoms with Gasteiger partial charge in [0.25, 0.3) is 0 Å². The van der Waals surface area contributed by atoms with E-state index in [0.717, 1.165) is 22.3 Å². The summed E-state index contributed by atoms with van der Waals surface area (Å²) >= 11 is 0. The molecule has 1 aliphatic carbocycles. The third-order valence-electron chi connectivity index (χ3n) is 6.99. The highest BCUT2D eigenvalue weighted by Crippen LogP contribution is 2.44. The van der Waals surface area contributed by atoms with Gasteiger partial charge in [0.05, 0.1) is 11.6 Å². The van der Waals surface area contributed by atoms with E-state index in [-0.39, 0.29) is 37.7 Å². The summed E-state index contributed by atoms with van der Waals surface area (Å²) in [6.45, 7) is 6.07. The van der Waals surface area contributed by atoms with E-state index in [4.69, 9.17) is 9.47 Å². The highest BCUT2D eigenvalue weighted by molar-refractivity contribution is 5.87. The minimum atomic E-state index is -1.13. The maximum Gasteiger partial charge on any atom is 0.410 e. The SMILES string of the molecule is CC(C)(C)OC(=O)N1CCN(C(=O)OCC2c3ccccc3-c3ccccc32)CC1c1cncc(C(=O)O)c1. The van der Waals surface area contributed by atoms with Crippen molar-refractivity contribution in [3.63, 3.8) is 0 Å². The lowest BCUT2D eigenvalue weighted by molar-refractivity contribution is -0.00331. The molecule has 2 amide bonds. The highest BCUT2D eigenvalue weighted by atomic mass is 16.6. The van der Waals surface area contributed by atoms with E-state index in [1.165, 1.54) is 23.4 Å². The van der Waals surface area contributed by atoms with Gasteiger partial charge < -0.3 is 19.5 Å². The summed E-state index contributed by atoms with van der Waals surface area (Å²) in [6.07, 6.45) is 1.72. The number of piperazine rings is 1. The number of nitrogens with zero attached hydrogens (tertiary/aromatic N) is 3. The lowest BCUT2D eigenvalue weighted by Gasteiger charge is -2.41. The number of amides is 2. The number of carboxylic acids is 1. The van der Waals surface area contributed by atoms with Gasteiger partial charge in [0.2, 0.25) is 0 Å². The van der Waals surface area contributed by atoms with Crippen LogP contribution in [0, 0.1) is 0 Å². The van der Waals surface area contributed by atoms with Crippen LogP contribution in [0.2, 0.25) is 0 Å². The molecule has 1 N–H and O–H groups in total. The van der Waals surface area contributed by atoms with Gasteiger partial charge in [-0.05, 0) is 54.7 Å². The van der Waals surface area contributed by atoms with Gasteiger partial charge >= 0.3 is 18.2 Å². The maximum absolute atomic E-state index is 13.3. The molecule has 0 spiro atoms. The quantitative estimate of drug-likeness (QED) is 0.487. The van der Waals surface area contributed by atoms with E-state index in [9.17, 15) is 19.5 Å². The number of benzene rings is 2. The fraction of sp³-hybridized carbons (Fsp3) is 0.333. The van der Waals surface area contributed by atoms with Gasteiger partial charge in [-0.25, -0.2) is 14.4 Å². The number of carboxylic acid groups (broad SMARTS) is 1. The second kappa shape index (κ2) is 10.4. The molecule has 1 aromatic heterocycles. The Balaban J connectivity index is 1.34. The molecule has 2 heterocycles. The molecule has 0 radical (unpaired) electrons. The summed E-state index contributed by atoms with van der Waals surface area (Å²) in [6, 6.07) is 17.1. The molecule has 5 rings (SSSR count). The Labute approximate surface area is 227 Å². The summed E-state index contributed by atoms with van der Waals surface area (Å²) in [5.41, 5.74) is 4.31. The minimum Gasteiger partial charge on any atom is -0.478 e. The molecule has 9 heteroatoms. The van der Waals surface area contributed by atoms with Crippen LogP contribution in [-0.2, 0) is 9.47 Å². The average molecular weight is 530 g/mol. The van der Waals surface area contributed by atoms with Crippen molar-refractivity contribution in [2.75, 3.05) is 26.2 Å². The van der Waals surface area contributed by atoms with Crippen LogP contribution >= 0.6 is 0 Å². The number of carbonyl (C=O) groups is 3. The number of aromatic nitrogens is 1. The summed E-state index contributed by atoms with van der Waals surface area (Å²) < 4.78 is 11.4. The average Bonchev–Trinajstić information content (AvgIpc) is 3.24. The Morgan fingerprint density at radius 2 is 1.59 bits per heavy atom. The Kier molecular flexibility index (Phi) is 6.99. The number of fused-ring (bicyclic) bond motifs is 3. The van der Waals surface area contributed by atoms with E-state index >= 15 is 0 Å². The van der Waals surface area contributed by atoms with Crippen molar-refractivity contribution in [2.45, 2.75) is 38.3 Å². The van der Waals surface area contributed by atoms with Crippen LogP contribution in [0.3, 0.4) is 0 Å². The summed E-state index contributed by atoms with van der Waals surface area (Å²) in [7, 11) is 0. The van der Waals surface area contributed by atoms with Gasteiger partial charge in [0, 0.05) is 37.9 Å². The number of hydrogen-bond donors (Lipinski definition) is 1. The zero-order chi connectivity index (χ0) is 27.7. The normalized spacial score (nSPS) is 16.8. The zero-order valence-electron chi connectivity index (χ0n) is 22.2. The Bertz CT molecular complexity index is 1370. The third kappa shape index (κ3) is 5.43. The van der Waals surface area contributed by atoms with Gasteiger partial charge in [0.1, 0.15) is 12.2 Å². The van der Waals surface area contributed by atoms with Crippen LogP contribution in [0.15, 0.2) is 67.0 Å². The monoisotopic (exact) mass is 529 g/mol. The number of pyridine rings is 1. The van der Waals surface area contributed by atoms with Crippen molar-refractivity contribution in [3.8, 4) is 11.1 Å². The molecule has 1 atom stereocenters. The molecular weight excluding hydrogens is 498 g/mol. The largest absolute Gasteiger partial charge is 0.478 e. The fourth-order valence-electron chi connectivity index (χ4n) is 5.22. The third-order valence-corrected chi connectivity index (χ3v) is 6.99. The highest BCUT2D eigenvalue weighted by Gasteiger charge is 2.37. The van der Waals surface area contributed by atoms with E-state index in [0.29, 0.717) is 5.56 Å². The predicted molar refractivity (Wildman–Crippen MR) is 144 cm³/mol. The van der Waals surface area contributed by atoms with Gasteiger partial charge in [-0.3, -0.25) is 9.88 Å². The molecule has 2 aromatic carbocycles. The van der Waals surface area contributed by atoms with Gasteiger partial charge in [-0.1, -0.05) is 48.5 Å². The molecular formula is C30H31N3O6. The van der Waals surface area contributed by atoms with Crippen molar-refractivity contribution in [2.24, 2.45) is 0 Å². The summed E-state index contributed by atoms with van der Waals surface area (Å²) in [5, 5.41) is 9.46. The molecule has 2 aliphatic rings. The van der Waals surface area contributed by atoms with E-state index < -0.39 is 29.8 Å². The van der Waals surface area contributed by atoms with Crippen molar-refractivity contribution in [3.05, 3.63) is 89.2 Å². The zero-order valence-corrected chi connectivity index (χ0v) is 22.2. The molecule has 202 valence electrons. The summed E-state index contributed by atoms with van der Waals surface area (Å²) in [4.78, 5) is 45.0. The first kappa shape index (κ1) is 26.2. The fourth-order valence-corrected chi connectivity index (χ4v) is 5.22. The minimum absolute atomic E-state index is 0.00472. The summed E-state index contributed by atoms with van der Waals surface area (Å²) in [5.74, 6) is -1.20. The molecule has 1 saturated heterocycles. The first-order valence-corrected chi connectivity index (χ1v) is 12.9. The second-order valence-electron chi connectivity index (χ2n) is 10.8. The first-order valence-electron chi connectivity index (χ1n) is 12.9. The maximum atomic E-state index is 13.3. The Hall–Kier alpha value is -4.40. The van der Waals surface area contributed by atoms with Crippen LogP contribution in [0.1, 0.15) is 59.8 Å². The van der Waals surface area contributed by atoms with Crippen molar-refractivity contribution in [1.29, 1.82) is 0 Å². The molecule has 0 bridgehead atoms. The standard InChI is InChI=1S/C30H31N3O6/c1-30(2,3)39-29(37)33-13-12-32(17-26(33)19-14-20(27(34)35)16-31-15-19)28(36)38-18-25-23-10-6-4-8-21(23)22-9-5-7-11-24(22)25/h4-11,14-16,25-26H,12-13,17-18H2,1-3H3,(H,34,35). The lowest BCUT2D eigenvalue weighted by atomic mass is 9.98.